The van der Waals surface area contributed by atoms with E-state index in [4.69, 9.17) is 26.2 Å². The standard InChI is InChI=1S/C24H27ClO5/c25-20-13-8-6-11-18(20)24-29-16-17(10-4-2-1-3-5-15-22(27)28)23(30-24)19-12-7-9-14-21(19)26/h2,4,6-9,11-14,17,23-24,26H,1,3,5,10,15-16H2,(H,27,28). The van der Waals surface area contributed by atoms with Crippen molar-refractivity contribution in [1.29, 1.82) is 0 Å². The van der Waals surface area contributed by atoms with Gasteiger partial charge in [-0.05, 0) is 37.8 Å². The number of carbonyl (C=O) groups is 1. The summed E-state index contributed by atoms with van der Waals surface area (Å²) >= 11 is 6.33. The Morgan fingerprint density at radius 1 is 1.07 bits per heavy atom. The molecule has 30 heavy (non-hydrogen) atoms. The highest BCUT2D eigenvalue weighted by atomic mass is 35.5. The van der Waals surface area contributed by atoms with E-state index in [1.54, 1.807) is 18.2 Å². The van der Waals surface area contributed by atoms with E-state index in [9.17, 15) is 9.90 Å². The minimum absolute atomic E-state index is 0.0345. The lowest BCUT2D eigenvalue weighted by molar-refractivity contribution is -0.244. The Morgan fingerprint density at radius 2 is 1.80 bits per heavy atom. The first kappa shape index (κ1) is 22.3. The summed E-state index contributed by atoms with van der Waals surface area (Å²) in [5.74, 6) is -0.522. The molecule has 3 atom stereocenters. The first-order chi connectivity index (χ1) is 14.6. The van der Waals surface area contributed by atoms with Crippen LogP contribution in [-0.4, -0.2) is 22.8 Å². The van der Waals surface area contributed by atoms with Crippen LogP contribution in [-0.2, 0) is 14.3 Å². The summed E-state index contributed by atoms with van der Waals surface area (Å²) in [4.78, 5) is 10.6. The summed E-state index contributed by atoms with van der Waals surface area (Å²) in [7, 11) is 0. The SMILES string of the molecule is O=C(O)CCCCC=CCC1COC(c2ccccc2Cl)OC1c1ccccc1O. The second kappa shape index (κ2) is 11.2. The average molecular weight is 431 g/mol. The fourth-order valence-corrected chi connectivity index (χ4v) is 3.81. The number of allylic oxidation sites excluding steroid dienone is 2. The molecular formula is C24H27ClO5. The molecule has 0 spiro atoms. The zero-order chi connectivity index (χ0) is 21.3. The average Bonchev–Trinajstić information content (AvgIpc) is 2.74. The molecule has 1 fully saturated rings. The fraction of sp³-hybridized carbons (Fsp3) is 0.375. The van der Waals surface area contributed by atoms with Crippen LogP contribution in [0.4, 0.5) is 0 Å². The molecule has 3 unspecified atom stereocenters. The van der Waals surface area contributed by atoms with Crippen molar-refractivity contribution in [3.63, 3.8) is 0 Å². The molecule has 0 amide bonds. The van der Waals surface area contributed by atoms with Gasteiger partial charge in [-0.1, -0.05) is 60.2 Å². The maximum Gasteiger partial charge on any atom is 0.303 e. The quantitative estimate of drug-likeness (QED) is 0.374. The first-order valence-corrected chi connectivity index (χ1v) is 10.6. The Kier molecular flexibility index (Phi) is 8.31. The van der Waals surface area contributed by atoms with Crippen LogP contribution in [0.5, 0.6) is 5.75 Å². The molecule has 0 bridgehead atoms. The fourth-order valence-electron chi connectivity index (χ4n) is 3.59. The van der Waals surface area contributed by atoms with Crippen molar-refractivity contribution in [2.75, 3.05) is 6.61 Å². The van der Waals surface area contributed by atoms with Gasteiger partial charge in [0.15, 0.2) is 6.29 Å². The van der Waals surface area contributed by atoms with Gasteiger partial charge in [-0.2, -0.15) is 0 Å². The first-order valence-electron chi connectivity index (χ1n) is 10.2. The van der Waals surface area contributed by atoms with E-state index in [2.05, 4.69) is 12.2 Å². The smallest absolute Gasteiger partial charge is 0.303 e. The molecule has 0 aromatic heterocycles. The monoisotopic (exact) mass is 430 g/mol. The third kappa shape index (κ3) is 6.08. The van der Waals surface area contributed by atoms with Crippen LogP contribution < -0.4 is 0 Å². The molecule has 5 nitrogen and oxygen atoms in total. The predicted octanol–water partition coefficient (Wildman–Crippen LogP) is 6.04. The maximum absolute atomic E-state index is 10.6. The van der Waals surface area contributed by atoms with Crippen molar-refractivity contribution in [3.05, 3.63) is 76.8 Å². The minimum atomic E-state index is -0.755. The molecule has 1 aliphatic rings. The molecule has 0 saturated carbocycles. The molecule has 1 heterocycles. The summed E-state index contributed by atoms with van der Waals surface area (Å²) in [5, 5.41) is 19.7. The van der Waals surface area contributed by atoms with E-state index in [-0.39, 0.29) is 24.2 Å². The number of aliphatic carboxylic acids is 1. The third-order valence-corrected chi connectivity index (χ3v) is 5.52. The van der Waals surface area contributed by atoms with Crippen molar-refractivity contribution in [1.82, 2.24) is 0 Å². The van der Waals surface area contributed by atoms with Gasteiger partial charge in [0, 0.05) is 28.5 Å². The molecule has 0 aliphatic carbocycles. The number of ether oxygens (including phenoxy) is 2. The van der Waals surface area contributed by atoms with Gasteiger partial charge >= 0.3 is 5.97 Å². The van der Waals surface area contributed by atoms with E-state index < -0.39 is 12.3 Å². The zero-order valence-corrected chi connectivity index (χ0v) is 17.5. The molecule has 1 saturated heterocycles. The van der Waals surface area contributed by atoms with Crippen LogP contribution >= 0.6 is 11.6 Å². The highest BCUT2D eigenvalue weighted by Crippen LogP contribution is 2.43. The molecule has 1 aliphatic heterocycles. The Bertz CT molecular complexity index is 866. The number of para-hydroxylation sites is 1. The van der Waals surface area contributed by atoms with E-state index in [0.29, 0.717) is 18.1 Å². The lowest BCUT2D eigenvalue weighted by atomic mass is 9.91. The van der Waals surface area contributed by atoms with Gasteiger partial charge in [0.05, 0.1) is 12.7 Å². The largest absolute Gasteiger partial charge is 0.508 e. The van der Waals surface area contributed by atoms with Crippen molar-refractivity contribution in [2.24, 2.45) is 5.92 Å². The van der Waals surface area contributed by atoms with Gasteiger partial charge in [0.2, 0.25) is 0 Å². The summed E-state index contributed by atoms with van der Waals surface area (Å²) in [6.45, 7) is 0.470. The summed E-state index contributed by atoms with van der Waals surface area (Å²) in [5.41, 5.74) is 1.50. The number of unbranched alkanes of at least 4 members (excludes halogenated alkanes) is 2. The number of hydrogen-bond donors (Lipinski definition) is 2. The number of carboxylic acid groups (broad SMARTS) is 1. The van der Waals surface area contributed by atoms with Gasteiger partial charge in [0.1, 0.15) is 5.75 Å². The lowest BCUT2D eigenvalue weighted by Crippen LogP contribution is -2.30. The molecule has 2 N–H and O–H groups in total. The van der Waals surface area contributed by atoms with Crippen LogP contribution in [0.1, 0.15) is 55.6 Å². The Balaban J connectivity index is 1.67. The Morgan fingerprint density at radius 3 is 2.53 bits per heavy atom. The van der Waals surface area contributed by atoms with Crippen LogP contribution in [0.3, 0.4) is 0 Å². The molecule has 6 heteroatoms. The van der Waals surface area contributed by atoms with E-state index in [0.717, 1.165) is 30.4 Å². The number of carboxylic acids is 1. The van der Waals surface area contributed by atoms with Gasteiger partial charge in [-0.15, -0.1) is 0 Å². The van der Waals surface area contributed by atoms with Crippen LogP contribution in [0.2, 0.25) is 5.02 Å². The van der Waals surface area contributed by atoms with Crippen molar-refractivity contribution in [2.45, 2.75) is 44.5 Å². The van der Waals surface area contributed by atoms with Gasteiger partial charge in [0.25, 0.3) is 0 Å². The van der Waals surface area contributed by atoms with Crippen molar-refractivity contribution >= 4 is 17.6 Å². The van der Waals surface area contributed by atoms with Crippen molar-refractivity contribution in [3.8, 4) is 5.75 Å². The van der Waals surface area contributed by atoms with Crippen LogP contribution in [0.25, 0.3) is 0 Å². The number of benzene rings is 2. The Labute approximate surface area is 181 Å². The zero-order valence-electron chi connectivity index (χ0n) is 16.7. The summed E-state index contributed by atoms with van der Waals surface area (Å²) in [6, 6.07) is 14.6. The maximum atomic E-state index is 10.6. The Hall–Kier alpha value is -2.34. The minimum Gasteiger partial charge on any atom is -0.508 e. The van der Waals surface area contributed by atoms with Crippen LogP contribution in [0, 0.1) is 5.92 Å². The van der Waals surface area contributed by atoms with E-state index >= 15 is 0 Å². The number of aromatic hydroxyl groups is 1. The number of phenolic OH excluding ortho intramolecular Hbond substituents is 1. The normalized spacial score (nSPS) is 21.7. The number of halogens is 1. The van der Waals surface area contributed by atoms with Gasteiger partial charge in [-0.25, -0.2) is 0 Å². The van der Waals surface area contributed by atoms with Gasteiger partial charge in [-0.3, -0.25) is 4.79 Å². The number of rotatable bonds is 9. The molecule has 160 valence electrons. The molecule has 3 rings (SSSR count). The highest BCUT2D eigenvalue weighted by molar-refractivity contribution is 6.31. The molecule has 2 aromatic carbocycles. The van der Waals surface area contributed by atoms with Crippen molar-refractivity contribution < 1.29 is 24.5 Å². The second-order valence-electron chi connectivity index (χ2n) is 7.41. The van der Waals surface area contributed by atoms with Crippen LogP contribution in [0.15, 0.2) is 60.7 Å². The predicted molar refractivity (Wildman–Crippen MR) is 115 cm³/mol. The number of phenols is 1. The highest BCUT2D eigenvalue weighted by Gasteiger charge is 2.35. The lowest BCUT2D eigenvalue weighted by Gasteiger charge is -2.37. The van der Waals surface area contributed by atoms with Gasteiger partial charge < -0.3 is 19.7 Å². The topological polar surface area (TPSA) is 76.0 Å². The van der Waals surface area contributed by atoms with E-state index in [1.807, 2.05) is 30.3 Å². The number of hydrogen-bond acceptors (Lipinski definition) is 4. The van der Waals surface area contributed by atoms with E-state index in [1.165, 1.54) is 0 Å². The molecule has 0 radical (unpaired) electrons. The summed E-state index contributed by atoms with van der Waals surface area (Å²) in [6.07, 6.45) is 6.52. The molecule has 2 aromatic rings. The third-order valence-electron chi connectivity index (χ3n) is 5.18. The summed E-state index contributed by atoms with van der Waals surface area (Å²) < 4.78 is 12.3. The second-order valence-corrected chi connectivity index (χ2v) is 7.82. The molecular weight excluding hydrogens is 404 g/mol.